The molecule has 3 heteroatoms. The molecule has 1 aromatic heterocycles. The molecule has 1 aromatic rings. The fraction of sp³-hybridized carbons (Fsp3) is 0.692. The Labute approximate surface area is 102 Å². The molecule has 2 nitrogen and oxygen atoms in total. The third-order valence-corrected chi connectivity index (χ3v) is 4.29. The molecule has 0 bridgehead atoms. The van der Waals surface area contributed by atoms with Crippen LogP contribution in [0.15, 0.2) is 12.1 Å². The Morgan fingerprint density at radius 1 is 1.38 bits per heavy atom. The Balaban J connectivity index is 1.67. The van der Waals surface area contributed by atoms with Gasteiger partial charge in [-0.1, -0.05) is 6.92 Å². The maximum Gasteiger partial charge on any atom is 0.0704 e. The second-order valence-corrected chi connectivity index (χ2v) is 5.75. The van der Waals surface area contributed by atoms with Crippen molar-refractivity contribution in [2.24, 2.45) is 0 Å². The smallest absolute Gasteiger partial charge is 0.0704 e. The fourth-order valence-corrected chi connectivity index (χ4v) is 3.03. The first-order chi connectivity index (χ1) is 7.78. The lowest BCUT2D eigenvalue weighted by atomic mass is 10.2. The second-order valence-electron chi connectivity index (χ2n) is 4.50. The number of ether oxygens (including phenoxy) is 1. The molecule has 90 valence electrons. The summed E-state index contributed by atoms with van der Waals surface area (Å²) in [6.07, 6.45) is 4.46. The lowest BCUT2D eigenvalue weighted by Gasteiger charge is -2.11. The van der Waals surface area contributed by atoms with Gasteiger partial charge in [-0.3, -0.25) is 0 Å². The standard InChI is InChI=1S/C13H21NOS/c1-3-12-6-7-13(16-12)9-14-8-11-5-4-10(2)15-11/h6-7,10-11,14H,3-5,8-9H2,1-2H3. The highest BCUT2D eigenvalue weighted by Crippen LogP contribution is 2.19. The first kappa shape index (κ1) is 12.1. The van der Waals surface area contributed by atoms with Crippen LogP contribution >= 0.6 is 11.3 Å². The Morgan fingerprint density at radius 2 is 2.19 bits per heavy atom. The highest BCUT2D eigenvalue weighted by molar-refractivity contribution is 7.11. The van der Waals surface area contributed by atoms with E-state index in [1.807, 2.05) is 11.3 Å². The third-order valence-electron chi connectivity index (χ3n) is 3.06. The van der Waals surface area contributed by atoms with Gasteiger partial charge < -0.3 is 10.1 Å². The van der Waals surface area contributed by atoms with E-state index in [0.29, 0.717) is 12.2 Å². The van der Waals surface area contributed by atoms with Crippen LogP contribution in [0, 0.1) is 0 Å². The maximum atomic E-state index is 5.77. The van der Waals surface area contributed by atoms with Gasteiger partial charge in [0.2, 0.25) is 0 Å². The summed E-state index contributed by atoms with van der Waals surface area (Å²) in [4.78, 5) is 2.91. The molecule has 0 spiro atoms. The molecule has 2 atom stereocenters. The van der Waals surface area contributed by atoms with Crippen LogP contribution in [0.1, 0.15) is 36.4 Å². The van der Waals surface area contributed by atoms with Gasteiger partial charge in [0.25, 0.3) is 0 Å². The van der Waals surface area contributed by atoms with Crippen LogP contribution in [0.2, 0.25) is 0 Å². The average Bonchev–Trinajstić information content (AvgIpc) is 2.88. The molecule has 1 aliphatic rings. The van der Waals surface area contributed by atoms with Gasteiger partial charge in [-0.05, 0) is 38.3 Å². The summed E-state index contributed by atoms with van der Waals surface area (Å²) < 4.78 is 5.77. The van der Waals surface area contributed by atoms with Crippen LogP contribution in [-0.2, 0) is 17.7 Å². The molecule has 1 N–H and O–H groups in total. The number of rotatable bonds is 5. The predicted octanol–water partition coefficient (Wildman–Crippen LogP) is 2.97. The van der Waals surface area contributed by atoms with E-state index >= 15 is 0 Å². The van der Waals surface area contributed by atoms with Crippen LogP contribution in [0.4, 0.5) is 0 Å². The lowest BCUT2D eigenvalue weighted by molar-refractivity contribution is 0.0559. The lowest BCUT2D eigenvalue weighted by Crippen LogP contribution is -2.26. The minimum absolute atomic E-state index is 0.431. The Hall–Kier alpha value is -0.380. The molecule has 2 heterocycles. The zero-order chi connectivity index (χ0) is 11.4. The molecule has 0 radical (unpaired) electrons. The summed E-state index contributed by atoms with van der Waals surface area (Å²) in [7, 11) is 0. The molecule has 0 amide bonds. The number of aryl methyl sites for hydroxylation is 1. The molecule has 1 fully saturated rings. The maximum absolute atomic E-state index is 5.77. The second kappa shape index (κ2) is 5.80. The van der Waals surface area contributed by atoms with E-state index in [2.05, 4.69) is 31.3 Å². The molecule has 1 saturated heterocycles. The Bertz CT molecular complexity index is 323. The average molecular weight is 239 g/mol. The monoisotopic (exact) mass is 239 g/mol. The quantitative estimate of drug-likeness (QED) is 0.853. The summed E-state index contributed by atoms with van der Waals surface area (Å²) in [5.41, 5.74) is 0. The van der Waals surface area contributed by atoms with Crippen LogP contribution in [0.25, 0.3) is 0 Å². The van der Waals surface area contributed by atoms with Crippen molar-refractivity contribution in [3.8, 4) is 0 Å². The summed E-state index contributed by atoms with van der Waals surface area (Å²) >= 11 is 1.91. The topological polar surface area (TPSA) is 21.3 Å². The Kier molecular flexibility index (Phi) is 4.38. The van der Waals surface area contributed by atoms with Crippen molar-refractivity contribution in [1.82, 2.24) is 5.32 Å². The van der Waals surface area contributed by atoms with E-state index in [4.69, 9.17) is 4.74 Å². The molecular weight excluding hydrogens is 218 g/mol. The largest absolute Gasteiger partial charge is 0.374 e. The van der Waals surface area contributed by atoms with Gasteiger partial charge in [-0.25, -0.2) is 0 Å². The van der Waals surface area contributed by atoms with Gasteiger partial charge >= 0.3 is 0 Å². The molecular formula is C13H21NOS. The van der Waals surface area contributed by atoms with Crippen molar-refractivity contribution >= 4 is 11.3 Å². The molecule has 16 heavy (non-hydrogen) atoms. The molecule has 0 saturated carbocycles. The van der Waals surface area contributed by atoms with E-state index in [9.17, 15) is 0 Å². The Morgan fingerprint density at radius 3 is 2.81 bits per heavy atom. The summed E-state index contributed by atoms with van der Waals surface area (Å²) in [5, 5.41) is 3.49. The molecule has 2 rings (SSSR count). The summed E-state index contributed by atoms with van der Waals surface area (Å²) in [5.74, 6) is 0. The van der Waals surface area contributed by atoms with Gasteiger partial charge in [0.15, 0.2) is 0 Å². The zero-order valence-electron chi connectivity index (χ0n) is 10.2. The first-order valence-corrected chi connectivity index (χ1v) is 7.03. The minimum atomic E-state index is 0.431. The predicted molar refractivity (Wildman–Crippen MR) is 69.0 cm³/mol. The van der Waals surface area contributed by atoms with Crippen LogP contribution in [-0.4, -0.2) is 18.8 Å². The molecule has 1 aliphatic heterocycles. The van der Waals surface area contributed by atoms with Crippen LogP contribution < -0.4 is 5.32 Å². The van der Waals surface area contributed by atoms with Crippen molar-refractivity contribution in [2.75, 3.05) is 6.54 Å². The van der Waals surface area contributed by atoms with Crippen molar-refractivity contribution in [3.05, 3.63) is 21.9 Å². The summed E-state index contributed by atoms with van der Waals surface area (Å²) in [6.45, 7) is 6.34. The summed E-state index contributed by atoms with van der Waals surface area (Å²) in [6, 6.07) is 4.46. The number of thiophene rings is 1. The number of hydrogen-bond acceptors (Lipinski definition) is 3. The van der Waals surface area contributed by atoms with E-state index in [1.54, 1.807) is 0 Å². The van der Waals surface area contributed by atoms with E-state index < -0.39 is 0 Å². The first-order valence-electron chi connectivity index (χ1n) is 6.21. The van der Waals surface area contributed by atoms with Gasteiger partial charge in [-0.2, -0.15) is 0 Å². The molecule has 2 unspecified atom stereocenters. The van der Waals surface area contributed by atoms with E-state index in [-0.39, 0.29) is 0 Å². The van der Waals surface area contributed by atoms with Gasteiger partial charge in [0.1, 0.15) is 0 Å². The highest BCUT2D eigenvalue weighted by atomic mass is 32.1. The zero-order valence-corrected chi connectivity index (χ0v) is 11.0. The van der Waals surface area contributed by atoms with Gasteiger partial charge in [0, 0.05) is 22.8 Å². The molecule has 0 aliphatic carbocycles. The highest BCUT2D eigenvalue weighted by Gasteiger charge is 2.20. The van der Waals surface area contributed by atoms with Crippen molar-refractivity contribution in [1.29, 1.82) is 0 Å². The van der Waals surface area contributed by atoms with Crippen molar-refractivity contribution in [3.63, 3.8) is 0 Å². The third kappa shape index (κ3) is 3.30. The van der Waals surface area contributed by atoms with Crippen LogP contribution in [0.5, 0.6) is 0 Å². The normalized spacial score (nSPS) is 25.1. The molecule has 0 aromatic carbocycles. The number of nitrogens with one attached hydrogen (secondary N) is 1. The van der Waals surface area contributed by atoms with Crippen molar-refractivity contribution < 1.29 is 4.74 Å². The number of hydrogen-bond donors (Lipinski definition) is 1. The van der Waals surface area contributed by atoms with E-state index in [0.717, 1.165) is 19.5 Å². The van der Waals surface area contributed by atoms with Gasteiger partial charge in [-0.15, -0.1) is 11.3 Å². The minimum Gasteiger partial charge on any atom is -0.374 e. The van der Waals surface area contributed by atoms with E-state index in [1.165, 1.54) is 22.6 Å². The fourth-order valence-electron chi connectivity index (χ4n) is 2.10. The van der Waals surface area contributed by atoms with Crippen LogP contribution in [0.3, 0.4) is 0 Å². The van der Waals surface area contributed by atoms with Gasteiger partial charge in [0.05, 0.1) is 12.2 Å². The SMILES string of the molecule is CCc1ccc(CNCC2CCC(C)O2)s1. The van der Waals surface area contributed by atoms with Crippen molar-refractivity contribution in [2.45, 2.75) is 51.9 Å².